The zero-order valence-corrected chi connectivity index (χ0v) is 8.84. The maximum absolute atomic E-state index is 10.6. The predicted molar refractivity (Wildman–Crippen MR) is 56.3 cm³/mol. The summed E-state index contributed by atoms with van der Waals surface area (Å²) in [6.07, 6.45) is 0. The third-order valence-electron chi connectivity index (χ3n) is 2.18. The minimum absolute atomic E-state index is 0.135. The largest absolute Gasteiger partial charge is 0.544 e. The lowest BCUT2D eigenvalue weighted by Gasteiger charge is -2.06. The zero-order valence-electron chi connectivity index (χ0n) is 8.84. The minimum atomic E-state index is -1.60. The van der Waals surface area contributed by atoms with Crippen molar-refractivity contribution in [2.24, 2.45) is 0 Å². The molecule has 17 heavy (non-hydrogen) atoms. The van der Waals surface area contributed by atoms with E-state index in [-0.39, 0.29) is 11.3 Å². The Morgan fingerprint density at radius 2 is 2.12 bits per heavy atom. The van der Waals surface area contributed by atoms with Gasteiger partial charge in [0.2, 0.25) is 0 Å². The van der Waals surface area contributed by atoms with Gasteiger partial charge in [0.25, 0.3) is 5.69 Å². The van der Waals surface area contributed by atoms with Crippen molar-refractivity contribution >= 4 is 17.2 Å². The summed E-state index contributed by atoms with van der Waals surface area (Å²) in [5, 5.41) is 29.8. The van der Waals surface area contributed by atoms with E-state index in [1.54, 1.807) is 0 Å². The number of carbonyl (C=O) groups excluding carboxylic acids is 1. The molecule has 0 heterocycles. The van der Waals surface area contributed by atoms with Gasteiger partial charge in [-0.15, -0.1) is 0 Å². The average molecular weight is 231 g/mol. The van der Waals surface area contributed by atoms with Crippen LogP contribution in [0.25, 0.3) is 5.57 Å². The number of carboxylic acids is 1. The Bertz CT molecular complexity index is 555. The second-order valence-electron chi connectivity index (χ2n) is 3.21. The highest BCUT2D eigenvalue weighted by Gasteiger charge is 2.10. The van der Waals surface area contributed by atoms with Crippen LogP contribution in [0.3, 0.4) is 0 Å². The van der Waals surface area contributed by atoms with E-state index in [4.69, 9.17) is 5.26 Å². The average Bonchev–Trinajstić information content (AvgIpc) is 2.29. The molecule has 0 unspecified atom stereocenters. The molecule has 0 fully saturated rings. The van der Waals surface area contributed by atoms with Crippen LogP contribution in [0.2, 0.25) is 0 Å². The molecule has 0 radical (unpaired) electrons. The molecule has 0 saturated heterocycles. The summed E-state index contributed by atoms with van der Waals surface area (Å²) in [6, 6.07) is 6.89. The Morgan fingerprint density at radius 1 is 1.47 bits per heavy atom. The number of nitriles is 1. The highest BCUT2D eigenvalue weighted by molar-refractivity contribution is 5.98. The maximum Gasteiger partial charge on any atom is 0.270 e. The van der Waals surface area contributed by atoms with E-state index in [2.05, 4.69) is 0 Å². The molecular formula is C11H7N2O4-. The third-order valence-corrected chi connectivity index (χ3v) is 2.18. The Kier molecular flexibility index (Phi) is 3.57. The van der Waals surface area contributed by atoms with E-state index in [9.17, 15) is 20.0 Å². The summed E-state index contributed by atoms with van der Waals surface area (Å²) in [4.78, 5) is 20.6. The molecule has 0 aliphatic heterocycles. The van der Waals surface area contributed by atoms with Crippen molar-refractivity contribution in [1.29, 1.82) is 5.26 Å². The molecule has 1 aromatic rings. The number of non-ortho nitro benzene ring substituents is 1. The molecule has 0 aromatic heterocycles. The summed E-state index contributed by atoms with van der Waals surface area (Å²) >= 11 is 0. The maximum atomic E-state index is 10.6. The van der Waals surface area contributed by atoms with Crippen molar-refractivity contribution in [2.75, 3.05) is 0 Å². The number of hydrogen-bond donors (Lipinski definition) is 0. The first-order valence-corrected chi connectivity index (χ1v) is 4.54. The Morgan fingerprint density at radius 3 is 2.59 bits per heavy atom. The second-order valence-corrected chi connectivity index (χ2v) is 3.21. The minimum Gasteiger partial charge on any atom is -0.544 e. The molecule has 6 nitrogen and oxygen atoms in total. The summed E-state index contributed by atoms with van der Waals surface area (Å²) in [7, 11) is 0. The van der Waals surface area contributed by atoms with Crippen molar-refractivity contribution in [3.05, 3.63) is 45.5 Å². The number of carboxylic acid groups (broad SMARTS) is 1. The topological polar surface area (TPSA) is 107 Å². The summed E-state index contributed by atoms with van der Waals surface area (Å²) < 4.78 is 0. The quantitative estimate of drug-likeness (QED) is 0.328. The molecule has 0 amide bonds. The molecule has 0 aliphatic carbocycles. The second kappa shape index (κ2) is 4.90. The number of allylic oxidation sites excluding steroid dienone is 1. The number of nitro benzene ring substituents is 1. The van der Waals surface area contributed by atoms with Crippen LogP contribution in [0, 0.1) is 21.4 Å². The number of nitro groups is 1. The molecule has 6 heteroatoms. The monoisotopic (exact) mass is 231 g/mol. The van der Waals surface area contributed by atoms with Crippen LogP contribution in [-0.4, -0.2) is 10.9 Å². The van der Waals surface area contributed by atoms with Crippen molar-refractivity contribution in [2.45, 2.75) is 6.92 Å². The van der Waals surface area contributed by atoms with E-state index in [0.29, 0.717) is 5.56 Å². The lowest BCUT2D eigenvalue weighted by atomic mass is 10.0. The highest BCUT2D eigenvalue weighted by Crippen LogP contribution is 2.22. The number of nitrogens with zero attached hydrogens (tertiary/aromatic N) is 2. The van der Waals surface area contributed by atoms with Crippen LogP contribution in [0.4, 0.5) is 5.69 Å². The van der Waals surface area contributed by atoms with Crippen LogP contribution >= 0.6 is 0 Å². The molecule has 0 aliphatic rings. The van der Waals surface area contributed by atoms with Crippen LogP contribution in [0.1, 0.15) is 12.5 Å². The molecule has 0 saturated carbocycles. The predicted octanol–water partition coefficient (Wildman–Crippen LogP) is 0.642. The Labute approximate surface area is 96.6 Å². The smallest absolute Gasteiger partial charge is 0.270 e. The van der Waals surface area contributed by atoms with E-state index in [0.717, 1.165) is 0 Å². The van der Waals surface area contributed by atoms with E-state index >= 15 is 0 Å². The van der Waals surface area contributed by atoms with Crippen LogP contribution in [0.5, 0.6) is 0 Å². The third kappa shape index (κ3) is 2.66. The molecular weight excluding hydrogens is 224 g/mol. The first kappa shape index (κ1) is 12.4. The van der Waals surface area contributed by atoms with Gasteiger partial charge in [0.1, 0.15) is 6.07 Å². The van der Waals surface area contributed by atoms with Crippen LogP contribution in [0.15, 0.2) is 29.8 Å². The molecule has 0 atom stereocenters. The summed E-state index contributed by atoms with van der Waals surface area (Å²) in [5.74, 6) is -1.60. The van der Waals surface area contributed by atoms with Gasteiger partial charge in [-0.05, 0) is 18.1 Å². The van der Waals surface area contributed by atoms with Crippen LogP contribution < -0.4 is 5.11 Å². The van der Waals surface area contributed by atoms with Crippen LogP contribution in [-0.2, 0) is 4.79 Å². The number of aliphatic carboxylic acids is 1. The first-order valence-electron chi connectivity index (χ1n) is 4.54. The molecule has 0 spiro atoms. The van der Waals surface area contributed by atoms with E-state index < -0.39 is 16.5 Å². The van der Waals surface area contributed by atoms with Gasteiger partial charge in [0.15, 0.2) is 0 Å². The number of hydrogen-bond acceptors (Lipinski definition) is 5. The highest BCUT2D eigenvalue weighted by atomic mass is 16.6. The summed E-state index contributed by atoms with van der Waals surface area (Å²) in [6.45, 7) is 1.40. The first-order chi connectivity index (χ1) is 7.97. The molecule has 1 rings (SSSR count). The van der Waals surface area contributed by atoms with Crippen molar-refractivity contribution in [3.8, 4) is 6.07 Å². The number of carbonyl (C=O) groups is 1. The van der Waals surface area contributed by atoms with Crippen molar-refractivity contribution < 1.29 is 14.8 Å². The molecule has 0 bridgehead atoms. The van der Waals surface area contributed by atoms with Crippen molar-refractivity contribution in [3.63, 3.8) is 0 Å². The Balaban J connectivity index is 3.35. The number of rotatable bonds is 3. The number of benzene rings is 1. The van der Waals surface area contributed by atoms with Crippen molar-refractivity contribution in [1.82, 2.24) is 0 Å². The van der Waals surface area contributed by atoms with E-state index in [1.807, 2.05) is 0 Å². The molecule has 0 N–H and O–H groups in total. The van der Waals surface area contributed by atoms with Gasteiger partial charge < -0.3 is 9.90 Å². The normalized spacial score (nSPS) is 11.3. The molecule has 1 aromatic carbocycles. The van der Waals surface area contributed by atoms with Gasteiger partial charge in [-0.1, -0.05) is 12.1 Å². The van der Waals surface area contributed by atoms with Gasteiger partial charge in [0, 0.05) is 12.1 Å². The van der Waals surface area contributed by atoms with Gasteiger partial charge in [-0.3, -0.25) is 10.1 Å². The van der Waals surface area contributed by atoms with Gasteiger partial charge in [0.05, 0.1) is 16.5 Å². The summed E-state index contributed by atoms with van der Waals surface area (Å²) in [5.41, 5.74) is -0.265. The lowest BCUT2D eigenvalue weighted by Crippen LogP contribution is -2.24. The zero-order chi connectivity index (χ0) is 13.0. The fourth-order valence-electron chi connectivity index (χ4n) is 1.28. The lowest BCUT2D eigenvalue weighted by molar-refractivity contribution is -0.384. The standard InChI is InChI=1S/C11H8N2O4/c1-7(10(6-12)11(14)15)8-3-2-4-9(5-8)13(16)17/h2-5H,1H3,(H,14,15)/p-1. The SMILES string of the molecule is CC(=C(C#N)C(=O)[O-])c1cccc([N+](=O)[O-])c1. The van der Waals surface area contributed by atoms with Gasteiger partial charge in [-0.2, -0.15) is 5.26 Å². The molecule has 86 valence electrons. The van der Waals surface area contributed by atoms with Gasteiger partial charge in [-0.25, -0.2) is 0 Å². The van der Waals surface area contributed by atoms with E-state index in [1.165, 1.54) is 37.3 Å². The Hall–Kier alpha value is -2.68. The fraction of sp³-hybridized carbons (Fsp3) is 0.0909. The van der Waals surface area contributed by atoms with Gasteiger partial charge >= 0.3 is 0 Å². The fourth-order valence-corrected chi connectivity index (χ4v) is 1.28.